The van der Waals surface area contributed by atoms with Gasteiger partial charge in [-0.1, -0.05) is 36.0 Å². The molecule has 0 spiro atoms. The Morgan fingerprint density at radius 1 is 1.27 bits per heavy atom. The molecule has 2 aromatic rings. The van der Waals surface area contributed by atoms with Crippen LogP contribution in [0.2, 0.25) is 0 Å². The summed E-state index contributed by atoms with van der Waals surface area (Å²) in [5.74, 6) is 2.82. The maximum absolute atomic E-state index is 5.61. The summed E-state index contributed by atoms with van der Waals surface area (Å²) in [6.07, 6.45) is 3.60. The van der Waals surface area contributed by atoms with Crippen molar-refractivity contribution in [1.82, 2.24) is 10.1 Å². The zero-order valence-electron chi connectivity index (χ0n) is 12.7. The molecule has 22 heavy (non-hydrogen) atoms. The maximum atomic E-state index is 5.61. The minimum Gasteiger partial charge on any atom is -0.485 e. The van der Waals surface area contributed by atoms with Gasteiger partial charge in [0.05, 0.1) is 0 Å². The predicted molar refractivity (Wildman–Crippen MR) is 83.5 cm³/mol. The van der Waals surface area contributed by atoms with Gasteiger partial charge in [-0.15, -0.1) is 0 Å². The van der Waals surface area contributed by atoms with Crippen LogP contribution in [-0.2, 0) is 6.61 Å². The Kier molecular flexibility index (Phi) is 5.14. The van der Waals surface area contributed by atoms with Crippen LogP contribution in [0.4, 0.5) is 0 Å². The van der Waals surface area contributed by atoms with Crippen LogP contribution in [-0.4, -0.2) is 10.1 Å². The molecule has 114 valence electrons. The minimum absolute atomic E-state index is 0.233. The number of aryl methyl sites for hydroxylation is 1. The molecule has 5 nitrogen and oxygen atoms in total. The molecule has 0 amide bonds. The van der Waals surface area contributed by atoms with Crippen LogP contribution in [0.5, 0.6) is 11.5 Å². The van der Waals surface area contributed by atoms with E-state index in [4.69, 9.17) is 14.0 Å². The van der Waals surface area contributed by atoms with E-state index < -0.39 is 0 Å². The highest BCUT2D eigenvalue weighted by Crippen LogP contribution is 2.22. The number of benzene rings is 1. The van der Waals surface area contributed by atoms with Crippen LogP contribution < -0.4 is 9.47 Å². The molecular formula is C17H18N2O3. The first-order valence-corrected chi connectivity index (χ1v) is 6.75. The van der Waals surface area contributed by atoms with Crippen molar-refractivity contribution in [2.24, 2.45) is 0 Å². The van der Waals surface area contributed by atoms with Gasteiger partial charge < -0.3 is 14.0 Å². The lowest BCUT2D eigenvalue weighted by molar-refractivity contribution is 0.284. The highest BCUT2D eigenvalue weighted by atomic mass is 16.5. The zero-order valence-corrected chi connectivity index (χ0v) is 12.7. The normalized spacial score (nSPS) is 10.6. The standard InChI is InChI=1S/C17H18N2O3/c1-12(2)8-9-13(3)21-16-7-5-6-15(10-16)20-11-17-18-14(4)22-19-17/h5-10H,1,3,11H2,2,4H3/b9-8-. The Balaban J connectivity index is 1.94. The van der Waals surface area contributed by atoms with E-state index in [-0.39, 0.29) is 6.61 Å². The first-order valence-electron chi connectivity index (χ1n) is 6.75. The van der Waals surface area contributed by atoms with Crippen molar-refractivity contribution >= 4 is 0 Å². The number of allylic oxidation sites excluding steroid dienone is 3. The first kappa shape index (κ1) is 15.6. The Bertz CT molecular complexity index is 701. The summed E-state index contributed by atoms with van der Waals surface area (Å²) in [6, 6.07) is 7.26. The molecule has 0 saturated carbocycles. The Labute approximate surface area is 129 Å². The quantitative estimate of drug-likeness (QED) is 0.571. The average molecular weight is 298 g/mol. The third-order valence-corrected chi connectivity index (χ3v) is 2.55. The second-order valence-corrected chi connectivity index (χ2v) is 4.74. The molecule has 1 aromatic carbocycles. The molecule has 0 saturated heterocycles. The number of ether oxygens (including phenoxy) is 2. The molecule has 0 atom stereocenters. The van der Waals surface area contributed by atoms with E-state index in [1.807, 2.05) is 31.2 Å². The van der Waals surface area contributed by atoms with Crippen molar-refractivity contribution < 1.29 is 14.0 Å². The van der Waals surface area contributed by atoms with Crippen LogP contribution in [0.15, 0.2) is 65.4 Å². The fourth-order valence-corrected chi connectivity index (χ4v) is 1.60. The second kappa shape index (κ2) is 7.26. The molecule has 0 radical (unpaired) electrons. The Morgan fingerprint density at radius 2 is 2.05 bits per heavy atom. The van der Waals surface area contributed by atoms with Crippen molar-refractivity contribution in [1.29, 1.82) is 0 Å². The van der Waals surface area contributed by atoms with E-state index in [1.165, 1.54) is 0 Å². The van der Waals surface area contributed by atoms with Gasteiger partial charge in [0, 0.05) is 13.0 Å². The molecule has 0 unspecified atom stereocenters. The zero-order chi connectivity index (χ0) is 15.9. The summed E-state index contributed by atoms with van der Waals surface area (Å²) in [5, 5.41) is 3.77. The highest BCUT2D eigenvalue weighted by Gasteiger charge is 2.04. The molecule has 1 aromatic heterocycles. The van der Waals surface area contributed by atoms with E-state index in [1.54, 1.807) is 19.1 Å². The molecule has 2 rings (SSSR count). The van der Waals surface area contributed by atoms with Crippen molar-refractivity contribution in [3.05, 3.63) is 72.6 Å². The van der Waals surface area contributed by atoms with Crippen LogP contribution >= 0.6 is 0 Å². The Morgan fingerprint density at radius 3 is 2.73 bits per heavy atom. The average Bonchev–Trinajstić information content (AvgIpc) is 2.89. The van der Waals surface area contributed by atoms with Gasteiger partial charge in [-0.2, -0.15) is 4.98 Å². The molecular weight excluding hydrogens is 280 g/mol. The van der Waals surface area contributed by atoms with Gasteiger partial charge in [-0.05, 0) is 25.1 Å². The van der Waals surface area contributed by atoms with Crippen LogP contribution in [0.25, 0.3) is 0 Å². The van der Waals surface area contributed by atoms with Gasteiger partial charge in [0.1, 0.15) is 17.3 Å². The smallest absolute Gasteiger partial charge is 0.223 e. The fraction of sp³-hybridized carbons (Fsp3) is 0.176. The molecule has 0 fully saturated rings. The van der Waals surface area contributed by atoms with Gasteiger partial charge in [-0.25, -0.2) is 0 Å². The van der Waals surface area contributed by atoms with Crippen molar-refractivity contribution in [2.45, 2.75) is 20.5 Å². The lowest BCUT2D eigenvalue weighted by Gasteiger charge is -2.08. The van der Waals surface area contributed by atoms with Gasteiger partial charge >= 0.3 is 0 Å². The summed E-state index contributed by atoms with van der Waals surface area (Å²) in [4.78, 5) is 4.07. The summed E-state index contributed by atoms with van der Waals surface area (Å²) in [5.41, 5.74) is 0.928. The summed E-state index contributed by atoms with van der Waals surface area (Å²) in [6.45, 7) is 11.5. The predicted octanol–water partition coefficient (Wildman–Crippen LogP) is 3.98. The minimum atomic E-state index is 0.233. The highest BCUT2D eigenvalue weighted by molar-refractivity contribution is 5.35. The summed E-state index contributed by atoms with van der Waals surface area (Å²) < 4.78 is 16.1. The molecule has 0 aliphatic carbocycles. The molecule has 0 bridgehead atoms. The number of hydrogen-bond acceptors (Lipinski definition) is 5. The third kappa shape index (κ3) is 4.94. The second-order valence-electron chi connectivity index (χ2n) is 4.74. The lowest BCUT2D eigenvalue weighted by Crippen LogP contribution is -1.98. The van der Waals surface area contributed by atoms with Gasteiger partial charge in [0.15, 0.2) is 6.61 Å². The van der Waals surface area contributed by atoms with Gasteiger partial charge in [0.2, 0.25) is 11.7 Å². The van der Waals surface area contributed by atoms with E-state index in [9.17, 15) is 0 Å². The maximum Gasteiger partial charge on any atom is 0.223 e. The van der Waals surface area contributed by atoms with Gasteiger partial charge in [-0.3, -0.25) is 0 Å². The first-order chi connectivity index (χ1) is 10.5. The fourth-order valence-electron chi connectivity index (χ4n) is 1.60. The van der Waals surface area contributed by atoms with Crippen LogP contribution in [0, 0.1) is 6.92 Å². The third-order valence-electron chi connectivity index (χ3n) is 2.55. The van der Waals surface area contributed by atoms with Crippen molar-refractivity contribution in [2.75, 3.05) is 0 Å². The van der Waals surface area contributed by atoms with E-state index >= 15 is 0 Å². The molecule has 1 heterocycles. The SMILES string of the molecule is C=C(C)/C=C\C(=C)Oc1cccc(OCc2noc(C)n2)c1. The van der Waals surface area contributed by atoms with Crippen molar-refractivity contribution in [3.8, 4) is 11.5 Å². The van der Waals surface area contributed by atoms with Gasteiger partial charge in [0.25, 0.3) is 0 Å². The van der Waals surface area contributed by atoms with Crippen LogP contribution in [0.1, 0.15) is 18.6 Å². The van der Waals surface area contributed by atoms with E-state index in [0.717, 1.165) is 5.57 Å². The number of nitrogens with zero attached hydrogens (tertiary/aromatic N) is 2. The monoisotopic (exact) mass is 298 g/mol. The van der Waals surface area contributed by atoms with Crippen LogP contribution in [0.3, 0.4) is 0 Å². The summed E-state index contributed by atoms with van der Waals surface area (Å²) >= 11 is 0. The lowest BCUT2D eigenvalue weighted by atomic mass is 10.3. The molecule has 0 N–H and O–H groups in total. The van der Waals surface area contributed by atoms with Crippen molar-refractivity contribution in [3.63, 3.8) is 0 Å². The van der Waals surface area contributed by atoms with E-state index in [0.29, 0.717) is 29.0 Å². The molecule has 0 aliphatic heterocycles. The number of aromatic nitrogens is 2. The number of hydrogen-bond donors (Lipinski definition) is 0. The molecule has 5 heteroatoms. The summed E-state index contributed by atoms with van der Waals surface area (Å²) in [7, 11) is 0. The molecule has 0 aliphatic rings. The topological polar surface area (TPSA) is 57.4 Å². The van der Waals surface area contributed by atoms with E-state index in [2.05, 4.69) is 23.3 Å². The largest absolute Gasteiger partial charge is 0.485 e. The Hall–Kier alpha value is -2.82. The number of rotatable bonds is 7.